The summed E-state index contributed by atoms with van der Waals surface area (Å²) < 4.78 is 62.7. The molecule has 0 unspecified atom stereocenters. The Balaban J connectivity index is 2.21. The molecule has 0 saturated heterocycles. The smallest absolute Gasteiger partial charge is 0.298 e. The average Bonchev–Trinajstić information content (AvgIpc) is 2.87. The Kier molecular flexibility index (Phi) is 4.87. The number of nitrogens with zero attached hydrogens (tertiary/aromatic N) is 1. The Morgan fingerprint density at radius 2 is 1.86 bits per heavy atom. The second-order valence-corrected chi connectivity index (χ2v) is 8.20. The lowest BCUT2D eigenvalue weighted by molar-refractivity contribution is -0.138. The molecule has 0 radical (unpaired) electrons. The number of sulfone groups is 1. The molecule has 124 valence electrons. The molecule has 2 atom stereocenters. The van der Waals surface area contributed by atoms with E-state index in [0.717, 1.165) is 12.5 Å². The summed E-state index contributed by atoms with van der Waals surface area (Å²) >= 11 is 0. The van der Waals surface area contributed by atoms with E-state index >= 15 is 0 Å². The molecular weight excluding hydrogens is 315 g/mol. The van der Waals surface area contributed by atoms with Crippen LogP contribution >= 0.6 is 0 Å². The van der Waals surface area contributed by atoms with Gasteiger partial charge in [-0.3, -0.25) is 4.90 Å². The molecule has 22 heavy (non-hydrogen) atoms. The van der Waals surface area contributed by atoms with Crippen molar-refractivity contribution >= 4 is 9.84 Å². The Morgan fingerprint density at radius 1 is 1.23 bits per heavy atom. The van der Waals surface area contributed by atoms with Crippen molar-refractivity contribution in [2.75, 3.05) is 13.3 Å². The van der Waals surface area contributed by atoms with Crippen LogP contribution in [0.1, 0.15) is 30.4 Å². The van der Waals surface area contributed by atoms with Gasteiger partial charge in [0.25, 0.3) is 0 Å². The van der Waals surface area contributed by atoms with E-state index < -0.39 is 26.8 Å². The minimum atomic E-state index is -4.40. The predicted molar refractivity (Wildman–Crippen MR) is 79.2 cm³/mol. The molecule has 3 nitrogen and oxygen atoms in total. The van der Waals surface area contributed by atoms with Crippen molar-refractivity contribution in [2.24, 2.45) is 0 Å². The van der Waals surface area contributed by atoms with E-state index in [0.29, 0.717) is 12.8 Å². The fourth-order valence-electron chi connectivity index (χ4n) is 3.23. The van der Waals surface area contributed by atoms with Crippen LogP contribution in [0.25, 0.3) is 0 Å². The number of benzene rings is 1. The molecule has 1 aromatic rings. The number of halogens is 3. The van der Waals surface area contributed by atoms with E-state index in [1.165, 1.54) is 18.4 Å². The minimum Gasteiger partial charge on any atom is -0.298 e. The van der Waals surface area contributed by atoms with E-state index in [1.807, 2.05) is 0 Å². The molecule has 1 aliphatic rings. The second kappa shape index (κ2) is 6.20. The summed E-state index contributed by atoms with van der Waals surface area (Å²) in [6, 6.07) is 5.22. The molecule has 2 rings (SSSR count). The number of hydrogen-bond acceptors (Lipinski definition) is 3. The van der Waals surface area contributed by atoms with Gasteiger partial charge in [0.1, 0.15) is 0 Å². The van der Waals surface area contributed by atoms with Crippen LogP contribution in [0.3, 0.4) is 0 Å². The van der Waals surface area contributed by atoms with Crippen LogP contribution < -0.4 is 0 Å². The van der Waals surface area contributed by atoms with Crippen molar-refractivity contribution in [2.45, 2.75) is 43.3 Å². The van der Waals surface area contributed by atoms with Gasteiger partial charge in [-0.2, -0.15) is 13.2 Å². The lowest BCUT2D eigenvalue weighted by Gasteiger charge is -2.29. The zero-order valence-corrected chi connectivity index (χ0v) is 13.4. The lowest BCUT2D eigenvalue weighted by atomic mass is 10.1. The first-order chi connectivity index (χ1) is 10.1. The minimum absolute atomic E-state index is 0.0897. The van der Waals surface area contributed by atoms with Gasteiger partial charge >= 0.3 is 6.18 Å². The van der Waals surface area contributed by atoms with Crippen molar-refractivity contribution in [1.29, 1.82) is 0 Å². The maximum atomic E-state index is 13.0. The van der Waals surface area contributed by atoms with Crippen molar-refractivity contribution < 1.29 is 21.6 Å². The lowest BCUT2D eigenvalue weighted by Crippen LogP contribution is -2.41. The Labute approximate surface area is 129 Å². The van der Waals surface area contributed by atoms with Crippen molar-refractivity contribution in [3.8, 4) is 0 Å². The highest BCUT2D eigenvalue weighted by Crippen LogP contribution is 2.34. The molecule has 0 aliphatic heterocycles. The number of rotatable bonds is 4. The largest absolute Gasteiger partial charge is 0.416 e. The summed E-state index contributed by atoms with van der Waals surface area (Å²) in [5.74, 6) is 0. The van der Waals surface area contributed by atoms with Crippen molar-refractivity contribution in [1.82, 2.24) is 4.90 Å². The van der Waals surface area contributed by atoms with Crippen LogP contribution in [-0.2, 0) is 22.6 Å². The predicted octanol–water partition coefficient (Wildman–Crippen LogP) is 3.10. The summed E-state index contributed by atoms with van der Waals surface area (Å²) in [7, 11) is -1.50. The van der Waals surface area contributed by atoms with Crippen molar-refractivity contribution in [3.63, 3.8) is 0 Å². The Morgan fingerprint density at radius 3 is 2.45 bits per heavy atom. The maximum absolute atomic E-state index is 13.0. The first kappa shape index (κ1) is 17.3. The summed E-state index contributed by atoms with van der Waals surface area (Å²) in [6.07, 6.45) is -1.14. The zero-order valence-electron chi connectivity index (χ0n) is 12.6. The first-order valence-electron chi connectivity index (χ1n) is 7.15. The van der Waals surface area contributed by atoms with Crippen LogP contribution in [0.15, 0.2) is 24.3 Å². The SMILES string of the molecule is CN(Cc1ccccc1C(F)(F)F)[C@H]1CCC[C@H]1S(C)(=O)=O. The molecular formula is C15H20F3NO2S. The molecule has 1 saturated carbocycles. The molecule has 7 heteroatoms. The number of hydrogen-bond donors (Lipinski definition) is 0. The molecule has 0 heterocycles. The monoisotopic (exact) mass is 335 g/mol. The Hall–Kier alpha value is -1.08. The molecule has 1 fully saturated rings. The van der Waals surface area contributed by atoms with Gasteiger partial charge < -0.3 is 0 Å². The van der Waals surface area contributed by atoms with E-state index in [2.05, 4.69) is 0 Å². The quantitative estimate of drug-likeness (QED) is 0.848. The second-order valence-electron chi connectivity index (χ2n) is 5.94. The standard InChI is InChI=1S/C15H20F3NO2S/c1-19(13-8-5-9-14(13)22(2,20)21)10-11-6-3-4-7-12(11)15(16,17)18/h3-4,6-7,13-14H,5,8-10H2,1-2H3/t13-,14+/m0/s1. The van der Waals surface area contributed by atoms with Crippen LogP contribution in [0.4, 0.5) is 13.2 Å². The third-order valence-electron chi connectivity index (χ3n) is 4.28. The fraction of sp³-hybridized carbons (Fsp3) is 0.600. The summed E-state index contributed by atoms with van der Waals surface area (Å²) in [5, 5.41) is -0.490. The van der Waals surface area contributed by atoms with Crippen LogP contribution in [-0.4, -0.2) is 37.9 Å². The molecule has 0 bridgehead atoms. The average molecular weight is 335 g/mol. The van der Waals surface area contributed by atoms with Crippen LogP contribution in [0.2, 0.25) is 0 Å². The molecule has 0 aromatic heterocycles. The van der Waals surface area contributed by atoms with Gasteiger partial charge in [0.15, 0.2) is 9.84 Å². The fourth-order valence-corrected chi connectivity index (χ4v) is 4.74. The third-order valence-corrected chi connectivity index (χ3v) is 5.93. The third kappa shape index (κ3) is 3.81. The molecule has 1 aromatic carbocycles. The van der Waals surface area contributed by atoms with Gasteiger partial charge in [-0.05, 0) is 31.5 Å². The highest BCUT2D eigenvalue weighted by molar-refractivity contribution is 7.91. The summed E-state index contributed by atoms with van der Waals surface area (Å²) in [5.41, 5.74) is -0.479. The van der Waals surface area contributed by atoms with Gasteiger partial charge in [-0.15, -0.1) is 0 Å². The first-order valence-corrected chi connectivity index (χ1v) is 9.10. The highest BCUT2D eigenvalue weighted by atomic mass is 32.2. The van der Waals surface area contributed by atoms with Gasteiger partial charge in [0.05, 0.1) is 10.8 Å². The molecule has 0 spiro atoms. The van der Waals surface area contributed by atoms with Crippen molar-refractivity contribution in [3.05, 3.63) is 35.4 Å². The van der Waals surface area contributed by atoms with Gasteiger partial charge in [-0.25, -0.2) is 8.42 Å². The Bertz CT molecular complexity index is 628. The van der Waals surface area contributed by atoms with Gasteiger partial charge in [0.2, 0.25) is 0 Å². The zero-order chi connectivity index (χ0) is 16.5. The normalized spacial score (nSPS) is 23.2. The van der Waals surface area contributed by atoms with E-state index in [1.54, 1.807) is 18.0 Å². The molecule has 0 amide bonds. The van der Waals surface area contributed by atoms with Gasteiger partial charge in [-0.1, -0.05) is 24.6 Å². The summed E-state index contributed by atoms with van der Waals surface area (Å²) in [4.78, 5) is 1.74. The van der Waals surface area contributed by atoms with Crippen LogP contribution in [0.5, 0.6) is 0 Å². The maximum Gasteiger partial charge on any atom is 0.416 e. The van der Waals surface area contributed by atoms with E-state index in [-0.39, 0.29) is 18.2 Å². The summed E-state index contributed by atoms with van der Waals surface area (Å²) in [6.45, 7) is 0.0897. The number of alkyl halides is 3. The van der Waals surface area contributed by atoms with E-state index in [9.17, 15) is 21.6 Å². The molecule has 1 aliphatic carbocycles. The topological polar surface area (TPSA) is 37.4 Å². The van der Waals surface area contributed by atoms with E-state index in [4.69, 9.17) is 0 Å². The van der Waals surface area contributed by atoms with Crippen LogP contribution in [0, 0.1) is 0 Å². The van der Waals surface area contributed by atoms with Gasteiger partial charge in [0, 0.05) is 18.8 Å². The molecule has 0 N–H and O–H groups in total. The highest BCUT2D eigenvalue weighted by Gasteiger charge is 2.38.